The third-order valence-electron chi connectivity index (χ3n) is 4.61. The van der Waals surface area contributed by atoms with Crippen LogP contribution in [0.2, 0.25) is 0 Å². The Bertz CT molecular complexity index is 623. The van der Waals surface area contributed by atoms with E-state index in [4.69, 9.17) is 5.84 Å². The molecule has 7 nitrogen and oxygen atoms in total. The zero-order valence-corrected chi connectivity index (χ0v) is 12.8. The van der Waals surface area contributed by atoms with E-state index >= 15 is 0 Å². The molecule has 2 aromatic heterocycles. The molecular formula is C14H23N7. The molecule has 7 heteroatoms. The minimum absolute atomic E-state index is 0.407. The molecule has 0 radical (unpaired) electrons. The molecule has 1 aliphatic carbocycles. The van der Waals surface area contributed by atoms with Gasteiger partial charge in [0.05, 0.1) is 11.6 Å². The van der Waals surface area contributed by atoms with Gasteiger partial charge in [0.2, 0.25) is 5.95 Å². The molecule has 0 aliphatic heterocycles. The number of nitrogens with one attached hydrogen (secondary N) is 2. The fourth-order valence-electron chi connectivity index (χ4n) is 3.10. The second-order valence-electron chi connectivity index (χ2n) is 6.65. The van der Waals surface area contributed by atoms with Crippen LogP contribution in [-0.4, -0.2) is 33.3 Å². The maximum Gasteiger partial charge on any atom is 0.241 e. The first-order valence-corrected chi connectivity index (χ1v) is 7.41. The number of H-pyrrole nitrogens is 1. The molecule has 0 aromatic carbocycles. The highest BCUT2D eigenvalue weighted by Crippen LogP contribution is 2.38. The predicted octanol–water partition coefficient (Wildman–Crippen LogP) is 2.04. The first-order chi connectivity index (χ1) is 10.00. The summed E-state index contributed by atoms with van der Waals surface area (Å²) in [6.07, 6.45) is 6.61. The summed E-state index contributed by atoms with van der Waals surface area (Å²) in [5.74, 6) is 6.75. The zero-order chi connectivity index (χ0) is 15.0. The highest BCUT2D eigenvalue weighted by molar-refractivity contribution is 5.87. The summed E-state index contributed by atoms with van der Waals surface area (Å²) >= 11 is 0. The van der Waals surface area contributed by atoms with Gasteiger partial charge in [0.15, 0.2) is 5.65 Å². The lowest BCUT2D eigenvalue weighted by molar-refractivity contribution is 0.222. The van der Waals surface area contributed by atoms with Gasteiger partial charge in [-0.15, -0.1) is 0 Å². The molecule has 4 N–H and O–H groups in total. The van der Waals surface area contributed by atoms with Gasteiger partial charge in [0.1, 0.15) is 5.82 Å². The van der Waals surface area contributed by atoms with Crippen molar-refractivity contribution in [1.29, 1.82) is 0 Å². The van der Waals surface area contributed by atoms with Crippen LogP contribution in [0.15, 0.2) is 6.20 Å². The highest BCUT2D eigenvalue weighted by Gasteiger charge is 2.30. The van der Waals surface area contributed by atoms with E-state index < -0.39 is 0 Å². The van der Waals surface area contributed by atoms with Gasteiger partial charge in [-0.1, -0.05) is 13.8 Å². The minimum atomic E-state index is 0.407. The number of aromatic nitrogens is 4. The molecule has 21 heavy (non-hydrogen) atoms. The quantitative estimate of drug-likeness (QED) is 0.591. The number of hydrazine groups is 1. The molecule has 1 fully saturated rings. The molecule has 0 unspecified atom stereocenters. The van der Waals surface area contributed by atoms with E-state index in [9.17, 15) is 0 Å². The van der Waals surface area contributed by atoms with E-state index in [1.165, 1.54) is 25.7 Å². The van der Waals surface area contributed by atoms with Crippen molar-refractivity contribution in [3.05, 3.63) is 6.20 Å². The third kappa shape index (κ3) is 2.65. The van der Waals surface area contributed by atoms with Crippen molar-refractivity contribution < 1.29 is 0 Å². The number of rotatable bonds is 3. The van der Waals surface area contributed by atoms with Crippen LogP contribution in [0, 0.1) is 5.41 Å². The van der Waals surface area contributed by atoms with Crippen LogP contribution >= 0.6 is 0 Å². The SMILES string of the molecule is CN(c1nc(NN)nc2[nH]ncc12)C1CCC(C)(C)CC1. The van der Waals surface area contributed by atoms with Crippen LogP contribution < -0.4 is 16.2 Å². The smallest absolute Gasteiger partial charge is 0.241 e. The van der Waals surface area contributed by atoms with Crippen LogP contribution in [-0.2, 0) is 0 Å². The number of anilines is 2. The first kappa shape index (κ1) is 14.1. The Balaban J connectivity index is 1.90. The topological polar surface area (TPSA) is 95.8 Å². The molecule has 2 heterocycles. The number of aromatic amines is 1. The lowest BCUT2D eigenvalue weighted by atomic mass is 9.75. The van der Waals surface area contributed by atoms with Gasteiger partial charge in [-0.25, -0.2) is 5.84 Å². The van der Waals surface area contributed by atoms with Crippen molar-refractivity contribution in [2.24, 2.45) is 11.3 Å². The number of fused-ring (bicyclic) bond motifs is 1. The van der Waals surface area contributed by atoms with E-state index in [-0.39, 0.29) is 0 Å². The molecule has 1 aliphatic rings. The van der Waals surface area contributed by atoms with Gasteiger partial charge in [-0.2, -0.15) is 15.1 Å². The van der Waals surface area contributed by atoms with Crippen molar-refractivity contribution in [3.8, 4) is 0 Å². The van der Waals surface area contributed by atoms with Gasteiger partial charge in [0, 0.05) is 13.1 Å². The summed E-state index contributed by atoms with van der Waals surface area (Å²) in [5, 5.41) is 7.88. The second-order valence-corrected chi connectivity index (χ2v) is 6.65. The van der Waals surface area contributed by atoms with Gasteiger partial charge >= 0.3 is 0 Å². The Kier molecular flexibility index (Phi) is 3.44. The molecule has 114 valence electrons. The first-order valence-electron chi connectivity index (χ1n) is 7.41. The molecule has 0 amide bonds. The molecular weight excluding hydrogens is 266 g/mol. The van der Waals surface area contributed by atoms with Crippen LogP contribution in [0.1, 0.15) is 39.5 Å². The van der Waals surface area contributed by atoms with Crippen molar-refractivity contribution in [1.82, 2.24) is 20.2 Å². The number of nitrogens with two attached hydrogens (primary N) is 1. The average Bonchev–Trinajstić information content (AvgIpc) is 2.93. The maximum atomic E-state index is 5.46. The standard InChI is InChI=1S/C14H23N7/c1-14(2)6-4-9(5-7-14)21(3)12-10-8-16-20-11(10)17-13(18-12)19-15/h8-9H,4-7,15H2,1-3H3,(H2,16,17,18,19,20). The van der Waals surface area contributed by atoms with E-state index in [0.29, 0.717) is 23.1 Å². The normalized spacial score (nSPS) is 18.9. The minimum Gasteiger partial charge on any atom is -0.356 e. The summed E-state index contributed by atoms with van der Waals surface area (Å²) in [4.78, 5) is 11.0. The monoisotopic (exact) mass is 289 g/mol. The fourth-order valence-corrected chi connectivity index (χ4v) is 3.10. The summed E-state index contributed by atoms with van der Waals surface area (Å²) in [7, 11) is 2.10. The summed E-state index contributed by atoms with van der Waals surface area (Å²) in [6.45, 7) is 4.69. The third-order valence-corrected chi connectivity index (χ3v) is 4.61. The summed E-state index contributed by atoms with van der Waals surface area (Å²) in [6, 6.07) is 0.497. The fraction of sp³-hybridized carbons (Fsp3) is 0.643. The molecule has 3 rings (SSSR count). The molecule has 1 saturated carbocycles. The van der Waals surface area contributed by atoms with Gasteiger partial charge in [-0.05, 0) is 31.1 Å². The average molecular weight is 289 g/mol. The Morgan fingerprint density at radius 1 is 1.33 bits per heavy atom. The van der Waals surface area contributed by atoms with Crippen molar-refractivity contribution >= 4 is 22.8 Å². The van der Waals surface area contributed by atoms with Gasteiger partial charge < -0.3 is 4.90 Å². The van der Waals surface area contributed by atoms with Crippen molar-refractivity contribution in [2.45, 2.75) is 45.6 Å². The lowest BCUT2D eigenvalue weighted by Crippen LogP contribution is -2.37. The molecule has 0 spiro atoms. The van der Waals surface area contributed by atoms with E-state index in [0.717, 1.165) is 11.2 Å². The van der Waals surface area contributed by atoms with Crippen molar-refractivity contribution in [2.75, 3.05) is 17.4 Å². The van der Waals surface area contributed by atoms with Crippen LogP contribution in [0.25, 0.3) is 11.0 Å². The Morgan fingerprint density at radius 3 is 2.71 bits per heavy atom. The van der Waals surface area contributed by atoms with Crippen molar-refractivity contribution in [3.63, 3.8) is 0 Å². The number of nitrogens with zero attached hydrogens (tertiary/aromatic N) is 4. The van der Waals surface area contributed by atoms with Gasteiger partial charge in [-0.3, -0.25) is 10.5 Å². The molecule has 2 aromatic rings. The Hall–Kier alpha value is -1.89. The number of hydrogen-bond donors (Lipinski definition) is 3. The highest BCUT2D eigenvalue weighted by atomic mass is 15.3. The molecule has 0 saturated heterocycles. The lowest BCUT2D eigenvalue weighted by Gasteiger charge is -2.39. The van der Waals surface area contributed by atoms with E-state index in [1.807, 2.05) is 0 Å². The van der Waals surface area contributed by atoms with Crippen LogP contribution in [0.4, 0.5) is 11.8 Å². The van der Waals surface area contributed by atoms with E-state index in [2.05, 4.69) is 51.4 Å². The van der Waals surface area contributed by atoms with Crippen LogP contribution in [0.5, 0.6) is 0 Å². The predicted molar refractivity (Wildman–Crippen MR) is 83.9 cm³/mol. The second kappa shape index (κ2) is 5.14. The van der Waals surface area contributed by atoms with Crippen LogP contribution in [0.3, 0.4) is 0 Å². The zero-order valence-electron chi connectivity index (χ0n) is 12.8. The summed E-state index contributed by atoms with van der Waals surface area (Å²) in [5.41, 5.74) is 3.68. The Labute approximate surface area is 124 Å². The molecule has 0 bridgehead atoms. The maximum absolute atomic E-state index is 5.46. The molecule has 0 atom stereocenters. The number of nitrogen functional groups attached to an aromatic ring is 1. The number of hydrogen-bond acceptors (Lipinski definition) is 6. The van der Waals surface area contributed by atoms with Gasteiger partial charge in [0.25, 0.3) is 0 Å². The summed E-state index contributed by atoms with van der Waals surface area (Å²) < 4.78 is 0. The Morgan fingerprint density at radius 2 is 2.05 bits per heavy atom. The van der Waals surface area contributed by atoms with E-state index in [1.54, 1.807) is 6.20 Å². The largest absolute Gasteiger partial charge is 0.356 e.